The van der Waals surface area contributed by atoms with Gasteiger partial charge in [-0.15, -0.1) is 0 Å². The summed E-state index contributed by atoms with van der Waals surface area (Å²) >= 11 is 0. The van der Waals surface area contributed by atoms with Crippen molar-refractivity contribution in [1.82, 2.24) is 0 Å². The second kappa shape index (κ2) is 4.47. The Morgan fingerprint density at radius 2 is 1.60 bits per heavy atom. The third-order valence-electron chi connectivity index (χ3n) is 3.31. The second-order valence-electron chi connectivity index (χ2n) is 3.76. The number of primary amides is 1. The third kappa shape index (κ3) is 1.64. The summed E-state index contributed by atoms with van der Waals surface area (Å²) in [6, 6.07) is 0. The van der Waals surface area contributed by atoms with Crippen LogP contribution in [-0.4, -0.2) is 38.6 Å². The number of nitrogens with two attached hydrogens (primary N) is 1. The SMILES string of the molecule is COC1(OC)CCCCC1(OC)C(N)=O. The molecular weight excluding hydrogens is 198 g/mol. The number of rotatable bonds is 4. The zero-order chi connectivity index (χ0) is 11.5. The zero-order valence-corrected chi connectivity index (χ0v) is 9.54. The minimum absolute atomic E-state index is 0.528. The van der Waals surface area contributed by atoms with Gasteiger partial charge in [-0.3, -0.25) is 4.79 Å². The van der Waals surface area contributed by atoms with Gasteiger partial charge in [0.25, 0.3) is 5.91 Å². The molecule has 1 fully saturated rings. The first kappa shape index (κ1) is 12.4. The van der Waals surface area contributed by atoms with Crippen LogP contribution in [0.4, 0.5) is 0 Å². The molecule has 1 aliphatic carbocycles. The van der Waals surface area contributed by atoms with Gasteiger partial charge in [0.1, 0.15) is 0 Å². The number of ether oxygens (including phenoxy) is 3. The highest BCUT2D eigenvalue weighted by Crippen LogP contribution is 2.42. The van der Waals surface area contributed by atoms with Gasteiger partial charge in [0.15, 0.2) is 5.60 Å². The van der Waals surface area contributed by atoms with Crippen LogP contribution in [-0.2, 0) is 19.0 Å². The van der Waals surface area contributed by atoms with Gasteiger partial charge in [0, 0.05) is 27.8 Å². The Hall–Kier alpha value is -0.650. The van der Waals surface area contributed by atoms with E-state index in [1.165, 1.54) is 21.3 Å². The Bertz CT molecular complexity index is 240. The van der Waals surface area contributed by atoms with Crippen LogP contribution in [0.15, 0.2) is 0 Å². The zero-order valence-electron chi connectivity index (χ0n) is 9.54. The van der Waals surface area contributed by atoms with Crippen LogP contribution < -0.4 is 5.73 Å². The average molecular weight is 217 g/mol. The summed E-state index contributed by atoms with van der Waals surface area (Å²) in [6.45, 7) is 0. The van der Waals surface area contributed by atoms with Gasteiger partial charge in [-0.25, -0.2) is 0 Å². The third-order valence-corrected chi connectivity index (χ3v) is 3.31. The Balaban J connectivity index is 3.13. The van der Waals surface area contributed by atoms with Crippen molar-refractivity contribution in [2.24, 2.45) is 5.73 Å². The molecule has 1 aliphatic rings. The molecule has 1 saturated carbocycles. The first-order chi connectivity index (χ1) is 7.08. The molecule has 1 atom stereocenters. The van der Waals surface area contributed by atoms with Crippen LogP contribution in [0.1, 0.15) is 25.7 Å². The Morgan fingerprint density at radius 1 is 1.07 bits per heavy atom. The summed E-state index contributed by atoms with van der Waals surface area (Å²) in [5.74, 6) is -1.58. The first-order valence-electron chi connectivity index (χ1n) is 5.04. The second-order valence-corrected chi connectivity index (χ2v) is 3.76. The average Bonchev–Trinajstić information content (AvgIpc) is 2.28. The highest BCUT2D eigenvalue weighted by molar-refractivity contribution is 5.85. The molecule has 1 amide bonds. The smallest absolute Gasteiger partial charge is 0.255 e. The number of methoxy groups -OCH3 is 3. The quantitative estimate of drug-likeness (QED) is 0.693. The molecular formula is C10H19NO4. The van der Waals surface area contributed by atoms with E-state index in [-0.39, 0.29) is 0 Å². The van der Waals surface area contributed by atoms with E-state index in [0.29, 0.717) is 12.8 Å². The molecule has 5 nitrogen and oxygen atoms in total. The Labute approximate surface area is 89.9 Å². The van der Waals surface area contributed by atoms with E-state index in [1.807, 2.05) is 0 Å². The van der Waals surface area contributed by atoms with Gasteiger partial charge in [-0.05, 0) is 19.3 Å². The summed E-state index contributed by atoms with van der Waals surface area (Å²) < 4.78 is 16.0. The molecule has 0 saturated heterocycles. The predicted octanol–water partition coefficient (Wildman–Crippen LogP) is 0.420. The predicted molar refractivity (Wildman–Crippen MR) is 54.2 cm³/mol. The molecule has 0 bridgehead atoms. The molecule has 5 heteroatoms. The molecule has 0 heterocycles. The van der Waals surface area contributed by atoms with E-state index in [9.17, 15) is 4.79 Å². The highest BCUT2D eigenvalue weighted by atomic mass is 16.7. The van der Waals surface area contributed by atoms with E-state index in [0.717, 1.165) is 12.8 Å². The lowest BCUT2D eigenvalue weighted by Gasteiger charge is -2.48. The summed E-state index contributed by atoms with van der Waals surface area (Å²) in [4.78, 5) is 11.6. The fourth-order valence-corrected chi connectivity index (χ4v) is 2.41. The molecule has 0 aliphatic heterocycles. The van der Waals surface area contributed by atoms with E-state index in [2.05, 4.69) is 0 Å². The largest absolute Gasteiger partial charge is 0.367 e. The monoisotopic (exact) mass is 217 g/mol. The maximum absolute atomic E-state index is 11.6. The molecule has 0 aromatic carbocycles. The van der Waals surface area contributed by atoms with Gasteiger partial charge in [-0.1, -0.05) is 0 Å². The van der Waals surface area contributed by atoms with Gasteiger partial charge in [0.05, 0.1) is 0 Å². The van der Waals surface area contributed by atoms with Crippen molar-refractivity contribution in [1.29, 1.82) is 0 Å². The lowest BCUT2D eigenvalue weighted by molar-refractivity contribution is -0.310. The minimum atomic E-state index is -1.17. The van der Waals surface area contributed by atoms with Crippen LogP contribution >= 0.6 is 0 Å². The van der Waals surface area contributed by atoms with Crippen molar-refractivity contribution < 1.29 is 19.0 Å². The van der Waals surface area contributed by atoms with Crippen LogP contribution in [0.2, 0.25) is 0 Å². The van der Waals surface area contributed by atoms with Crippen molar-refractivity contribution >= 4 is 5.91 Å². The maximum atomic E-state index is 11.6. The molecule has 0 aromatic rings. The molecule has 1 rings (SSSR count). The molecule has 88 valence electrons. The summed E-state index contributed by atoms with van der Waals surface area (Å²) in [7, 11) is 4.47. The van der Waals surface area contributed by atoms with E-state index >= 15 is 0 Å². The fourth-order valence-electron chi connectivity index (χ4n) is 2.41. The van der Waals surface area contributed by atoms with Crippen molar-refractivity contribution in [3.05, 3.63) is 0 Å². The van der Waals surface area contributed by atoms with Crippen molar-refractivity contribution in [3.63, 3.8) is 0 Å². The maximum Gasteiger partial charge on any atom is 0.255 e. The normalized spacial score (nSPS) is 30.1. The van der Waals surface area contributed by atoms with Gasteiger partial charge in [0.2, 0.25) is 5.79 Å². The first-order valence-corrected chi connectivity index (χ1v) is 5.04. The lowest BCUT2D eigenvalue weighted by Crippen LogP contribution is -2.66. The van der Waals surface area contributed by atoms with Crippen LogP contribution in [0, 0.1) is 0 Å². The molecule has 0 aromatic heterocycles. The van der Waals surface area contributed by atoms with Gasteiger partial charge < -0.3 is 19.9 Å². The van der Waals surface area contributed by atoms with Gasteiger partial charge >= 0.3 is 0 Å². The fraction of sp³-hybridized carbons (Fsp3) is 0.900. The summed E-state index contributed by atoms with van der Waals surface area (Å²) in [6.07, 6.45) is 2.95. The van der Waals surface area contributed by atoms with Crippen LogP contribution in [0.3, 0.4) is 0 Å². The van der Waals surface area contributed by atoms with E-state index < -0.39 is 17.3 Å². The molecule has 2 N–H and O–H groups in total. The molecule has 15 heavy (non-hydrogen) atoms. The topological polar surface area (TPSA) is 70.8 Å². The molecule has 0 radical (unpaired) electrons. The summed E-state index contributed by atoms with van der Waals surface area (Å²) in [5.41, 5.74) is 4.24. The van der Waals surface area contributed by atoms with Crippen molar-refractivity contribution in [2.45, 2.75) is 37.1 Å². The van der Waals surface area contributed by atoms with Crippen molar-refractivity contribution in [2.75, 3.05) is 21.3 Å². The van der Waals surface area contributed by atoms with Crippen LogP contribution in [0.25, 0.3) is 0 Å². The Kier molecular flexibility index (Phi) is 3.70. The number of carbonyl (C=O) groups excluding carboxylic acids is 1. The standard InChI is InChI=1S/C10H19NO4/c1-13-9(8(11)12)6-4-5-7-10(9,14-2)15-3/h4-7H2,1-3H3,(H2,11,12). The molecule has 0 spiro atoms. The van der Waals surface area contributed by atoms with Crippen LogP contribution in [0.5, 0.6) is 0 Å². The number of hydrogen-bond donors (Lipinski definition) is 1. The number of carbonyl (C=O) groups is 1. The van der Waals surface area contributed by atoms with E-state index in [1.54, 1.807) is 0 Å². The van der Waals surface area contributed by atoms with E-state index in [4.69, 9.17) is 19.9 Å². The Morgan fingerprint density at radius 3 is 1.93 bits per heavy atom. The highest BCUT2D eigenvalue weighted by Gasteiger charge is 2.59. The number of amides is 1. The lowest BCUT2D eigenvalue weighted by atomic mass is 9.78. The minimum Gasteiger partial charge on any atom is -0.367 e. The van der Waals surface area contributed by atoms with Crippen molar-refractivity contribution in [3.8, 4) is 0 Å². The summed E-state index contributed by atoms with van der Waals surface area (Å²) in [5, 5.41) is 0. The van der Waals surface area contributed by atoms with Gasteiger partial charge in [-0.2, -0.15) is 0 Å². The molecule has 1 unspecified atom stereocenters. The number of hydrogen-bond acceptors (Lipinski definition) is 4.